The average Bonchev–Trinajstić information content (AvgIpc) is 2.56. The van der Waals surface area contributed by atoms with Crippen LogP contribution >= 0.6 is 0 Å². The molecule has 0 fully saturated rings. The monoisotopic (exact) mass is 203 g/mol. The fraction of sp³-hybridized carbons (Fsp3) is 0.250. The zero-order valence-corrected chi connectivity index (χ0v) is 8.83. The summed E-state index contributed by atoms with van der Waals surface area (Å²) in [6.45, 7) is 4.10. The van der Waals surface area contributed by atoms with Crippen molar-refractivity contribution in [2.45, 2.75) is 20.3 Å². The van der Waals surface area contributed by atoms with E-state index in [-0.39, 0.29) is 0 Å². The highest BCUT2D eigenvalue weighted by Crippen LogP contribution is 2.27. The van der Waals surface area contributed by atoms with Crippen LogP contribution in [-0.4, -0.2) is 6.41 Å². The third-order valence-corrected chi connectivity index (χ3v) is 2.58. The largest absolute Gasteiger partial charge is 0.461 e. The Hall–Kier alpha value is -1.77. The van der Waals surface area contributed by atoms with Gasteiger partial charge in [-0.2, -0.15) is 0 Å². The minimum absolute atomic E-state index is 0.678. The van der Waals surface area contributed by atoms with Crippen LogP contribution < -0.4 is 5.32 Å². The molecule has 2 rings (SSSR count). The third-order valence-electron chi connectivity index (χ3n) is 2.58. The molecule has 1 heterocycles. The van der Waals surface area contributed by atoms with E-state index < -0.39 is 0 Å². The van der Waals surface area contributed by atoms with E-state index in [9.17, 15) is 4.79 Å². The van der Waals surface area contributed by atoms with Crippen molar-refractivity contribution in [1.29, 1.82) is 0 Å². The lowest BCUT2D eigenvalue weighted by Gasteiger charge is -1.97. The molecule has 15 heavy (non-hydrogen) atoms. The van der Waals surface area contributed by atoms with Crippen LogP contribution in [0.4, 0.5) is 5.69 Å². The fourth-order valence-electron chi connectivity index (χ4n) is 1.77. The number of carbonyl (C=O) groups excluding carboxylic acids is 1. The molecule has 3 nitrogen and oxygen atoms in total. The number of hydrogen-bond acceptors (Lipinski definition) is 2. The number of aryl methyl sites for hydroxylation is 2. The second-order valence-electron chi connectivity index (χ2n) is 3.48. The third kappa shape index (κ3) is 1.61. The van der Waals surface area contributed by atoms with Crippen LogP contribution in [0.5, 0.6) is 0 Å². The maximum atomic E-state index is 10.3. The molecule has 0 atom stereocenters. The lowest BCUT2D eigenvalue weighted by atomic mass is 10.1. The Morgan fingerprint density at radius 1 is 1.47 bits per heavy atom. The van der Waals surface area contributed by atoms with Gasteiger partial charge in [0.05, 0.1) is 0 Å². The van der Waals surface area contributed by atoms with E-state index in [2.05, 4.69) is 12.2 Å². The molecule has 1 aromatic heterocycles. The van der Waals surface area contributed by atoms with Gasteiger partial charge in [-0.1, -0.05) is 6.92 Å². The molecule has 0 aliphatic rings. The lowest BCUT2D eigenvalue weighted by Crippen LogP contribution is -1.92. The predicted octanol–water partition coefficient (Wildman–Crippen LogP) is 2.87. The predicted molar refractivity (Wildman–Crippen MR) is 60.0 cm³/mol. The number of benzene rings is 1. The van der Waals surface area contributed by atoms with E-state index in [4.69, 9.17) is 4.42 Å². The first-order valence-electron chi connectivity index (χ1n) is 4.98. The Kier molecular flexibility index (Phi) is 2.46. The van der Waals surface area contributed by atoms with Gasteiger partial charge in [-0.3, -0.25) is 4.79 Å². The highest BCUT2D eigenvalue weighted by atomic mass is 16.3. The molecular weight excluding hydrogens is 190 g/mol. The first kappa shape index (κ1) is 9.77. The number of hydrogen-bond donors (Lipinski definition) is 1. The van der Waals surface area contributed by atoms with Crippen LogP contribution in [0.2, 0.25) is 0 Å². The van der Waals surface area contributed by atoms with Crippen LogP contribution in [0, 0.1) is 6.92 Å². The molecule has 3 heteroatoms. The topological polar surface area (TPSA) is 42.2 Å². The van der Waals surface area contributed by atoms with Gasteiger partial charge in [0, 0.05) is 17.5 Å². The Balaban J connectivity index is 2.59. The van der Waals surface area contributed by atoms with Gasteiger partial charge >= 0.3 is 0 Å². The zero-order chi connectivity index (χ0) is 10.8. The number of anilines is 1. The molecule has 0 bridgehead atoms. The number of nitrogens with one attached hydrogen (secondary N) is 1. The number of amides is 1. The second kappa shape index (κ2) is 3.77. The highest BCUT2D eigenvalue weighted by Gasteiger charge is 2.08. The van der Waals surface area contributed by atoms with Gasteiger partial charge in [0.2, 0.25) is 6.41 Å². The molecule has 1 amide bonds. The van der Waals surface area contributed by atoms with Gasteiger partial charge in [0.25, 0.3) is 0 Å². The summed E-state index contributed by atoms with van der Waals surface area (Å²) in [6, 6.07) is 5.65. The van der Waals surface area contributed by atoms with Crippen molar-refractivity contribution in [2.24, 2.45) is 0 Å². The Morgan fingerprint density at radius 2 is 2.27 bits per heavy atom. The maximum Gasteiger partial charge on any atom is 0.211 e. The Morgan fingerprint density at radius 3 is 2.93 bits per heavy atom. The quantitative estimate of drug-likeness (QED) is 0.779. The average molecular weight is 203 g/mol. The minimum atomic E-state index is 0.678. The molecule has 0 spiro atoms. The van der Waals surface area contributed by atoms with E-state index in [1.165, 1.54) is 0 Å². The summed E-state index contributed by atoms with van der Waals surface area (Å²) in [4.78, 5) is 10.3. The molecule has 1 aromatic carbocycles. The lowest BCUT2D eigenvalue weighted by molar-refractivity contribution is -0.105. The molecule has 2 aromatic rings. The van der Waals surface area contributed by atoms with Crippen LogP contribution in [0.3, 0.4) is 0 Å². The van der Waals surface area contributed by atoms with Crippen molar-refractivity contribution in [3.63, 3.8) is 0 Å². The highest BCUT2D eigenvalue weighted by molar-refractivity contribution is 5.87. The van der Waals surface area contributed by atoms with Gasteiger partial charge < -0.3 is 9.73 Å². The summed E-state index contributed by atoms with van der Waals surface area (Å²) in [5, 5.41) is 3.70. The zero-order valence-electron chi connectivity index (χ0n) is 8.83. The van der Waals surface area contributed by atoms with Crippen LogP contribution in [0.15, 0.2) is 22.6 Å². The van der Waals surface area contributed by atoms with E-state index in [0.29, 0.717) is 6.41 Å². The van der Waals surface area contributed by atoms with Crippen LogP contribution in [-0.2, 0) is 11.2 Å². The smallest absolute Gasteiger partial charge is 0.211 e. The SMILES string of the molecule is CCc1oc2ccc(NC=O)cc2c1C. The maximum absolute atomic E-state index is 10.3. The summed E-state index contributed by atoms with van der Waals surface area (Å²) in [7, 11) is 0. The normalized spacial score (nSPS) is 10.5. The number of fused-ring (bicyclic) bond motifs is 1. The Labute approximate surface area is 88.1 Å². The van der Waals surface area contributed by atoms with E-state index in [1.807, 2.05) is 25.1 Å². The minimum Gasteiger partial charge on any atom is -0.461 e. The van der Waals surface area contributed by atoms with Crippen molar-refractivity contribution in [1.82, 2.24) is 0 Å². The first-order chi connectivity index (χ1) is 7.26. The Bertz CT molecular complexity index is 500. The van der Waals surface area contributed by atoms with Crippen LogP contribution in [0.25, 0.3) is 11.0 Å². The molecule has 0 saturated heterocycles. The van der Waals surface area contributed by atoms with Gasteiger partial charge in [-0.25, -0.2) is 0 Å². The van der Waals surface area contributed by atoms with Gasteiger partial charge in [-0.05, 0) is 30.7 Å². The molecule has 0 aliphatic carbocycles. The number of furan rings is 1. The molecule has 1 N–H and O–H groups in total. The van der Waals surface area contributed by atoms with E-state index in [1.54, 1.807) is 0 Å². The second-order valence-corrected chi connectivity index (χ2v) is 3.48. The van der Waals surface area contributed by atoms with Crippen molar-refractivity contribution in [2.75, 3.05) is 5.32 Å². The number of carbonyl (C=O) groups is 1. The van der Waals surface area contributed by atoms with Gasteiger partial charge in [-0.15, -0.1) is 0 Å². The standard InChI is InChI=1S/C12H13NO2/c1-3-11-8(2)10-6-9(13-7-14)4-5-12(10)15-11/h4-7H,3H2,1-2H3,(H,13,14). The van der Waals surface area contributed by atoms with Gasteiger partial charge in [0.1, 0.15) is 11.3 Å². The summed E-state index contributed by atoms with van der Waals surface area (Å²) in [5.74, 6) is 1.01. The molecule has 0 saturated carbocycles. The van der Waals surface area contributed by atoms with Crippen molar-refractivity contribution < 1.29 is 9.21 Å². The molecular formula is C12H13NO2. The van der Waals surface area contributed by atoms with E-state index in [0.717, 1.165) is 34.4 Å². The first-order valence-corrected chi connectivity index (χ1v) is 4.98. The summed E-state index contributed by atoms with van der Waals surface area (Å²) < 4.78 is 5.66. The summed E-state index contributed by atoms with van der Waals surface area (Å²) in [6.07, 6.45) is 1.56. The van der Waals surface area contributed by atoms with Crippen molar-refractivity contribution in [3.8, 4) is 0 Å². The van der Waals surface area contributed by atoms with Gasteiger partial charge in [0.15, 0.2) is 0 Å². The molecule has 0 unspecified atom stereocenters. The van der Waals surface area contributed by atoms with Crippen molar-refractivity contribution in [3.05, 3.63) is 29.5 Å². The van der Waals surface area contributed by atoms with E-state index >= 15 is 0 Å². The molecule has 0 aliphatic heterocycles. The summed E-state index contributed by atoms with van der Waals surface area (Å²) >= 11 is 0. The molecule has 78 valence electrons. The fourth-order valence-corrected chi connectivity index (χ4v) is 1.77. The summed E-state index contributed by atoms with van der Waals surface area (Å²) in [5.41, 5.74) is 2.83. The van der Waals surface area contributed by atoms with Crippen molar-refractivity contribution >= 4 is 23.1 Å². The number of rotatable bonds is 3. The molecule has 0 radical (unpaired) electrons. The van der Waals surface area contributed by atoms with Crippen LogP contribution in [0.1, 0.15) is 18.2 Å².